The fourth-order valence-electron chi connectivity index (χ4n) is 5.83. The van der Waals surface area contributed by atoms with E-state index in [0.29, 0.717) is 41.4 Å². The maximum atomic E-state index is 15.6. The van der Waals surface area contributed by atoms with Crippen molar-refractivity contribution in [3.8, 4) is 17.1 Å². The van der Waals surface area contributed by atoms with Crippen LogP contribution in [0.2, 0.25) is 0 Å². The van der Waals surface area contributed by atoms with E-state index in [-0.39, 0.29) is 11.7 Å². The van der Waals surface area contributed by atoms with E-state index in [9.17, 15) is 5.11 Å². The van der Waals surface area contributed by atoms with Gasteiger partial charge in [0.1, 0.15) is 16.9 Å². The lowest BCUT2D eigenvalue weighted by Crippen LogP contribution is -2.28. The molecule has 1 atom stereocenters. The zero-order valence-electron chi connectivity index (χ0n) is 23.2. The Labute approximate surface area is 230 Å². The van der Waals surface area contributed by atoms with Crippen LogP contribution in [0.3, 0.4) is 0 Å². The van der Waals surface area contributed by atoms with Crippen LogP contribution in [0.1, 0.15) is 49.8 Å². The van der Waals surface area contributed by atoms with Crippen molar-refractivity contribution in [1.29, 1.82) is 0 Å². The predicted molar refractivity (Wildman–Crippen MR) is 147 cm³/mol. The highest BCUT2D eigenvalue weighted by atomic mass is 19.1. The number of pyridine rings is 3. The SMILES string of the molecule is COc1nc(C(C)(C)O)cc2c1c1ncc(-c3c(C)nnn3C)cc1n2[C@@H](c1ncccc1F)C1CCOCC1. The van der Waals surface area contributed by atoms with Crippen molar-refractivity contribution in [3.05, 3.63) is 59.6 Å². The number of hydrogen-bond acceptors (Lipinski definition) is 8. The van der Waals surface area contributed by atoms with Crippen LogP contribution >= 0.6 is 0 Å². The van der Waals surface area contributed by atoms with Crippen molar-refractivity contribution < 1.29 is 19.0 Å². The fourth-order valence-corrected chi connectivity index (χ4v) is 5.83. The molecule has 6 heterocycles. The minimum absolute atomic E-state index is 0.0328. The third kappa shape index (κ3) is 4.29. The quantitative estimate of drug-likeness (QED) is 0.333. The van der Waals surface area contributed by atoms with Gasteiger partial charge in [0, 0.05) is 38.2 Å². The summed E-state index contributed by atoms with van der Waals surface area (Å²) in [6, 6.07) is 6.45. The molecule has 0 amide bonds. The van der Waals surface area contributed by atoms with E-state index in [2.05, 4.69) is 24.8 Å². The second kappa shape index (κ2) is 9.90. The van der Waals surface area contributed by atoms with Crippen molar-refractivity contribution in [2.45, 2.75) is 45.3 Å². The van der Waals surface area contributed by atoms with Gasteiger partial charge in [-0.1, -0.05) is 5.21 Å². The lowest BCUT2D eigenvalue weighted by molar-refractivity contribution is 0.0542. The van der Waals surface area contributed by atoms with Gasteiger partial charge in [-0.05, 0) is 63.8 Å². The molecule has 11 heteroatoms. The van der Waals surface area contributed by atoms with Gasteiger partial charge in [0.05, 0.1) is 52.3 Å². The minimum atomic E-state index is -1.25. The molecule has 208 valence electrons. The van der Waals surface area contributed by atoms with Crippen molar-refractivity contribution in [3.63, 3.8) is 0 Å². The average Bonchev–Trinajstić information content (AvgIpc) is 3.45. The lowest BCUT2D eigenvalue weighted by atomic mass is 9.88. The number of aromatic nitrogens is 7. The van der Waals surface area contributed by atoms with E-state index in [1.165, 1.54) is 6.07 Å². The molecule has 1 saturated heterocycles. The molecular formula is C29H32FN7O3. The van der Waals surface area contributed by atoms with Gasteiger partial charge in [-0.15, -0.1) is 5.10 Å². The maximum Gasteiger partial charge on any atom is 0.225 e. The molecule has 0 spiro atoms. The summed E-state index contributed by atoms with van der Waals surface area (Å²) in [5, 5.41) is 20.0. The molecule has 0 unspecified atom stereocenters. The molecule has 0 bridgehead atoms. The predicted octanol–water partition coefficient (Wildman–Crippen LogP) is 4.47. The van der Waals surface area contributed by atoms with Crippen LogP contribution in [0.4, 0.5) is 4.39 Å². The Bertz CT molecular complexity index is 1700. The van der Waals surface area contributed by atoms with Crippen molar-refractivity contribution in [2.75, 3.05) is 20.3 Å². The van der Waals surface area contributed by atoms with Crippen LogP contribution in [0.5, 0.6) is 5.88 Å². The van der Waals surface area contributed by atoms with Gasteiger partial charge in [0.2, 0.25) is 5.88 Å². The number of halogens is 1. The molecule has 40 heavy (non-hydrogen) atoms. The lowest BCUT2D eigenvalue weighted by Gasteiger charge is -2.32. The third-order valence-corrected chi connectivity index (χ3v) is 7.74. The van der Waals surface area contributed by atoms with E-state index >= 15 is 4.39 Å². The summed E-state index contributed by atoms with van der Waals surface area (Å²) in [6.45, 7) is 6.41. The molecule has 6 rings (SSSR count). The van der Waals surface area contributed by atoms with Crippen molar-refractivity contribution in [2.24, 2.45) is 13.0 Å². The van der Waals surface area contributed by atoms with E-state index in [1.807, 2.05) is 26.1 Å². The zero-order valence-corrected chi connectivity index (χ0v) is 23.2. The highest BCUT2D eigenvalue weighted by Gasteiger charge is 2.35. The van der Waals surface area contributed by atoms with Crippen LogP contribution in [0, 0.1) is 18.7 Å². The number of hydrogen-bond donors (Lipinski definition) is 1. The number of ether oxygens (including phenoxy) is 2. The van der Waals surface area contributed by atoms with E-state index < -0.39 is 11.6 Å². The second-order valence-corrected chi connectivity index (χ2v) is 10.8. The molecule has 5 aromatic rings. The monoisotopic (exact) mass is 545 g/mol. The van der Waals surface area contributed by atoms with Gasteiger partial charge in [-0.25, -0.2) is 14.1 Å². The summed E-state index contributed by atoms with van der Waals surface area (Å²) in [6.07, 6.45) is 4.88. The first-order chi connectivity index (χ1) is 19.2. The molecule has 10 nitrogen and oxygen atoms in total. The second-order valence-electron chi connectivity index (χ2n) is 10.8. The first kappa shape index (κ1) is 26.3. The van der Waals surface area contributed by atoms with Crippen LogP contribution in [0.15, 0.2) is 36.7 Å². The normalized spacial score (nSPS) is 15.7. The summed E-state index contributed by atoms with van der Waals surface area (Å²) in [5.74, 6) is -0.0109. The van der Waals surface area contributed by atoms with Gasteiger partial charge in [0.15, 0.2) is 0 Å². The summed E-state index contributed by atoms with van der Waals surface area (Å²) >= 11 is 0. The number of fused-ring (bicyclic) bond motifs is 3. The third-order valence-electron chi connectivity index (χ3n) is 7.74. The van der Waals surface area contributed by atoms with Gasteiger partial charge in [0.25, 0.3) is 0 Å². The highest BCUT2D eigenvalue weighted by Crippen LogP contribution is 2.44. The van der Waals surface area contributed by atoms with Crippen molar-refractivity contribution >= 4 is 21.9 Å². The molecule has 0 radical (unpaired) electrons. The van der Waals surface area contributed by atoms with Crippen molar-refractivity contribution in [1.82, 2.24) is 34.5 Å². The largest absolute Gasteiger partial charge is 0.480 e. The van der Waals surface area contributed by atoms with Crippen LogP contribution in [-0.2, 0) is 17.4 Å². The first-order valence-corrected chi connectivity index (χ1v) is 13.4. The Balaban J connectivity index is 1.76. The van der Waals surface area contributed by atoms with Gasteiger partial charge >= 0.3 is 0 Å². The summed E-state index contributed by atoms with van der Waals surface area (Å²) in [4.78, 5) is 14.1. The minimum Gasteiger partial charge on any atom is -0.480 e. The van der Waals surface area contributed by atoms with Crippen LogP contribution in [0.25, 0.3) is 33.2 Å². The van der Waals surface area contributed by atoms with E-state index in [4.69, 9.17) is 14.5 Å². The molecule has 1 aliphatic rings. The van der Waals surface area contributed by atoms with Gasteiger partial charge < -0.3 is 19.1 Å². The Kier molecular flexibility index (Phi) is 6.50. The number of rotatable bonds is 6. The Hall–Kier alpha value is -3.96. The standard InChI is InChI=1S/C29H32FN7O3/c1-16-26(36(4)35-34-16)18-13-21-25(32-15-18)23-20(14-22(29(2,3)38)33-28(23)39-5)37(21)27(17-8-11-40-12-9-17)24-19(30)7-6-10-31-24/h6-7,10,13-15,17,27,38H,8-9,11-12H2,1-5H3/t27-/m1/s1. The van der Waals surface area contributed by atoms with Gasteiger partial charge in [-0.2, -0.15) is 0 Å². The van der Waals surface area contributed by atoms with E-state index in [1.54, 1.807) is 44.1 Å². The Morgan fingerprint density at radius 3 is 2.60 bits per heavy atom. The first-order valence-electron chi connectivity index (χ1n) is 13.4. The average molecular weight is 546 g/mol. The molecular weight excluding hydrogens is 513 g/mol. The Morgan fingerprint density at radius 1 is 1.18 bits per heavy atom. The number of aliphatic hydroxyl groups is 1. The molecule has 0 aliphatic carbocycles. The summed E-state index contributed by atoms with van der Waals surface area (Å²) < 4.78 is 30.9. The summed E-state index contributed by atoms with van der Waals surface area (Å²) in [7, 11) is 3.39. The highest BCUT2D eigenvalue weighted by molar-refractivity contribution is 6.09. The van der Waals surface area contributed by atoms with E-state index in [0.717, 1.165) is 40.8 Å². The molecule has 1 fully saturated rings. The maximum absolute atomic E-state index is 15.6. The van der Waals surface area contributed by atoms with Crippen LogP contribution in [-0.4, -0.2) is 59.9 Å². The zero-order chi connectivity index (χ0) is 28.2. The Morgan fingerprint density at radius 2 is 1.95 bits per heavy atom. The molecule has 1 aliphatic heterocycles. The smallest absolute Gasteiger partial charge is 0.225 e. The summed E-state index contributed by atoms with van der Waals surface area (Å²) in [5.41, 5.74) is 4.11. The number of aryl methyl sites for hydroxylation is 2. The molecule has 0 saturated carbocycles. The molecule has 1 N–H and O–H groups in total. The fraction of sp³-hybridized carbons (Fsp3) is 0.414. The molecule has 5 aromatic heterocycles. The number of nitrogens with zero attached hydrogens (tertiary/aromatic N) is 7. The van der Waals surface area contributed by atoms with Crippen LogP contribution < -0.4 is 4.74 Å². The number of methoxy groups -OCH3 is 1. The molecule has 0 aromatic carbocycles. The van der Waals surface area contributed by atoms with Gasteiger partial charge in [-0.3, -0.25) is 9.97 Å². The topological polar surface area (TPSA) is 113 Å².